The number of methoxy groups -OCH3 is 1. The summed E-state index contributed by atoms with van der Waals surface area (Å²) in [4.78, 5) is 0. The molecule has 1 aromatic rings. The summed E-state index contributed by atoms with van der Waals surface area (Å²) >= 11 is 0. The first kappa shape index (κ1) is 13.8. The topological polar surface area (TPSA) is 103 Å². The lowest BCUT2D eigenvalue weighted by atomic mass is 9.99. The smallest absolute Gasteiger partial charge is 0.126 e. The summed E-state index contributed by atoms with van der Waals surface area (Å²) in [5.74, 6) is 0.397. The summed E-state index contributed by atoms with van der Waals surface area (Å²) in [7, 11) is 1.45. The Balaban J connectivity index is 2.35. The summed E-state index contributed by atoms with van der Waals surface area (Å²) in [6.45, 7) is -0.382. The standard InChI is InChI=1S/C13H15NO5/c1-18-9-4-7(5-14)2-3-8(9)13-12(17)11(16)10(6-15)19-13/h2-4,10-13,15-17H,6H2,1H3/t10-,11?,12+,13+/m1/s1. The van der Waals surface area contributed by atoms with E-state index in [1.54, 1.807) is 12.1 Å². The lowest BCUT2D eigenvalue weighted by Crippen LogP contribution is -2.32. The highest BCUT2D eigenvalue weighted by Crippen LogP contribution is 2.38. The molecule has 0 amide bonds. The predicted octanol–water partition coefficient (Wildman–Crippen LogP) is -0.279. The van der Waals surface area contributed by atoms with Gasteiger partial charge in [0.15, 0.2) is 0 Å². The van der Waals surface area contributed by atoms with Crippen LogP contribution < -0.4 is 4.74 Å². The van der Waals surface area contributed by atoms with Gasteiger partial charge in [-0.15, -0.1) is 0 Å². The molecular formula is C13H15NO5. The summed E-state index contributed by atoms with van der Waals surface area (Å²) in [6, 6.07) is 6.70. The van der Waals surface area contributed by atoms with E-state index >= 15 is 0 Å². The monoisotopic (exact) mass is 265 g/mol. The summed E-state index contributed by atoms with van der Waals surface area (Å²) in [5, 5.41) is 37.6. The van der Waals surface area contributed by atoms with Crippen LogP contribution in [0.2, 0.25) is 0 Å². The number of aliphatic hydroxyl groups excluding tert-OH is 3. The van der Waals surface area contributed by atoms with E-state index in [0.717, 1.165) is 0 Å². The molecule has 1 fully saturated rings. The van der Waals surface area contributed by atoms with Gasteiger partial charge >= 0.3 is 0 Å². The number of aliphatic hydroxyl groups is 3. The minimum Gasteiger partial charge on any atom is -0.496 e. The quantitative estimate of drug-likeness (QED) is 0.694. The maximum absolute atomic E-state index is 9.95. The van der Waals surface area contributed by atoms with E-state index in [4.69, 9.17) is 19.8 Å². The van der Waals surface area contributed by atoms with Crippen LogP contribution in [0.15, 0.2) is 18.2 Å². The first-order valence-electron chi connectivity index (χ1n) is 5.82. The van der Waals surface area contributed by atoms with Gasteiger partial charge in [0.2, 0.25) is 0 Å². The molecule has 19 heavy (non-hydrogen) atoms. The van der Waals surface area contributed by atoms with Crippen LogP contribution in [0.1, 0.15) is 17.2 Å². The van der Waals surface area contributed by atoms with Crippen molar-refractivity contribution in [1.82, 2.24) is 0 Å². The molecule has 3 N–H and O–H groups in total. The van der Waals surface area contributed by atoms with Crippen LogP contribution in [0.25, 0.3) is 0 Å². The highest BCUT2D eigenvalue weighted by atomic mass is 16.6. The van der Waals surface area contributed by atoms with Gasteiger partial charge < -0.3 is 24.8 Å². The average Bonchev–Trinajstić information content (AvgIpc) is 2.74. The molecule has 0 aromatic heterocycles. The molecule has 0 saturated carbocycles. The van der Waals surface area contributed by atoms with Gasteiger partial charge in [0.1, 0.15) is 30.2 Å². The zero-order valence-corrected chi connectivity index (χ0v) is 10.4. The number of ether oxygens (including phenoxy) is 2. The third-order valence-electron chi connectivity index (χ3n) is 3.21. The van der Waals surface area contributed by atoms with Crippen LogP contribution >= 0.6 is 0 Å². The Kier molecular flexibility index (Phi) is 4.02. The van der Waals surface area contributed by atoms with Gasteiger partial charge in [-0.3, -0.25) is 0 Å². The number of hydrogen-bond donors (Lipinski definition) is 3. The number of benzene rings is 1. The van der Waals surface area contributed by atoms with Gasteiger partial charge in [0.05, 0.1) is 25.3 Å². The van der Waals surface area contributed by atoms with Crippen molar-refractivity contribution in [3.8, 4) is 11.8 Å². The third-order valence-corrected chi connectivity index (χ3v) is 3.21. The van der Waals surface area contributed by atoms with Gasteiger partial charge in [0, 0.05) is 5.56 Å². The molecule has 1 unspecified atom stereocenters. The van der Waals surface area contributed by atoms with Crippen LogP contribution in [-0.4, -0.2) is 47.3 Å². The molecule has 0 bridgehead atoms. The predicted molar refractivity (Wildman–Crippen MR) is 64.4 cm³/mol. The lowest BCUT2D eigenvalue weighted by Gasteiger charge is -2.18. The first-order valence-corrected chi connectivity index (χ1v) is 5.82. The molecule has 2 rings (SSSR count). The van der Waals surface area contributed by atoms with E-state index in [0.29, 0.717) is 16.9 Å². The van der Waals surface area contributed by atoms with E-state index in [2.05, 4.69) is 0 Å². The van der Waals surface area contributed by atoms with Crippen LogP contribution in [0, 0.1) is 11.3 Å². The van der Waals surface area contributed by atoms with Gasteiger partial charge in [-0.25, -0.2) is 0 Å². The summed E-state index contributed by atoms with van der Waals surface area (Å²) in [6.07, 6.45) is -3.94. The van der Waals surface area contributed by atoms with E-state index in [-0.39, 0.29) is 6.61 Å². The highest BCUT2D eigenvalue weighted by Gasteiger charge is 2.43. The van der Waals surface area contributed by atoms with Crippen LogP contribution in [0.4, 0.5) is 0 Å². The largest absolute Gasteiger partial charge is 0.496 e. The maximum Gasteiger partial charge on any atom is 0.126 e. The molecule has 0 aliphatic carbocycles. The van der Waals surface area contributed by atoms with Gasteiger partial charge in [0.25, 0.3) is 0 Å². The second kappa shape index (κ2) is 5.55. The molecule has 1 aliphatic heterocycles. The minimum atomic E-state index is -1.16. The lowest BCUT2D eigenvalue weighted by molar-refractivity contribution is -0.0233. The van der Waals surface area contributed by atoms with Crippen molar-refractivity contribution in [1.29, 1.82) is 5.26 Å². The Hall–Kier alpha value is -1.65. The molecule has 6 heteroatoms. The first-order chi connectivity index (χ1) is 9.12. The third kappa shape index (κ3) is 2.41. The molecule has 6 nitrogen and oxygen atoms in total. The van der Waals surface area contributed by atoms with Crippen LogP contribution in [-0.2, 0) is 4.74 Å². The maximum atomic E-state index is 9.95. The molecule has 1 aromatic carbocycles. The number of nitriles is 1. The van der Waals surface area contributed by atoms with Gasteiger partial charge in [-0.05, 0) is 12.1 Å². The molecule has 0 spiro atoms. The molecule has 4 atom stereocenters. The Morgan fingerprint density at radius 3 is 2.63 bits per heavy atom. The van der Waals surface area contributed by atoms with E-state index in [1.165, 1.54) is 13.2 Å². The Labute approximate surface area is 110 Å². The number of rotatable bonds is 3. The van der Waals surface area contributed by atoms with E-state index in [9.17, 15) is 10.2 Å². The molecule has 0 radical (unpaired) electrons. The molecule has 1 aliphatic rings. The van der Waals surface area contributed by atoms with Crippen molar-refractivity contribution in [3.63, 3.8) is 0 Å². The fourth-order valence-corrected chi connectivity index (χ4v) is 2.17. The molecular weight excluding hydrogens is 250 g/mol. The van der Waals surface area contributed by atoms with Crippen molar-refractivity contribution in [3.05, 3.63) is 29.3 Å². The van der Waals surface area contributed by atoms with E-state index < -0.39 is 24.4 Å². The van der Waals surface area contributed by atoms with Gasteiger partial charge in [-0.1, -0.05) is 6.07 Å². The van der Waals surface area contributed by atoms with Crippen LogP contribution in [0.3, 0.4) is 0 Å². The number of hydrogen-bond acceptors (Lipinski definition) is 6. The fraction of sp³-hybridized carbons (Fsp3) is 0.462. The zero-order chi connectivity index (χ0) is 14.0. The second-order valence-corrected chi connectivity index (χ2v) is 4.33. The van der Waals surface area contributed by atoms with Crippen molar-refractivity contribution < 1.29 is 24.8 Å². The van der Waals surface area contributed by atoms with Gasteiger partial charge in [-0.2, -0.15) is 5.26 Å². The minimum absolute atomic E-state index is 0.382. The van der Waals surface area contributed by atoms with Crippen molar-refractivity contribution >= 4 is 0 Å². The van der Waals surface area contributed by atoms with Crippen molar-refractivity contribution in [2.75, 3.05) is 13.7 Å². The summed E-state index contributed by atoms with van der Waals surface area (Å²) < 4.78 is 10.6. The molecule has 1 heterocycles. The second-order valence-electron chi connectivity index (χ2n) is 4.33. The normalized spacial score (nSPS) is 30.1. The number of nitrogens with zero attached hydrogens (tertiary/aromatic N) is 1. The van der Waals surface area contributed by atoms with E-state index in [1.807, 2.05) is 6.07 Å². The Bertz CT molecular complexity index is 498. The molecule has 102 valence electrons. The summed E-state index contributed by atoms with van der Waals surface area (Å²) in [5.41, 5.74) is 0.955. The van der Waals surface area contributed by atoms with Crippen molar-refractivity contribution in [2.24, 2.45) is 0 Å². The SMILES string of the molecule is COc1cc(C#N)ccc1[C@@H]1O[C@H](CO)C(O)[C@@H]1O. The highest BCUT2D eigenvalue weighted by molar-refractivity contribution is 5.44. The molecule has 1 saturated heterocycles. The van der Waals surface area contributed by atoms with Crippen LogP contribution in [0.5, 0.6) is 5.75 Å². The Morgan fingerprint density at radius 2 is 2.11 bits per heavy atom. The van der Waals surface area contributed by atoms with Crippen molar-refractivity contribution in [2.45, 2.75) is 24.4 Å². The average molecular weight is 265 g/mol. The Morgan fingerprint density at radius 1 is 1.37 bits per heavy atom. The zero-order valence-electron chi connectivity index (χ0n) is 10.4. The fourth-order valence-electron chi connectivity index (χ4n) is 2.17.